The number of aliphatic hydroxyl groups is 1. The molecule has 0 spiro atoms. The number of ether oxygens (including phenoxy) is 2. The molecule has 1 aromatic heterocycles. The second-order valence-electron chi connectivity index (χ2n) is 5.02. The topological polar surface area (TPSA) is 68.5 Å². The summed E-state index contributed by atoms with van der Waals surface area (Å²) in [4.78, 5) is 0. The Morgan fingerprint density at radius 3 is 2.55 bits per heavy atom. The lowest BCUT2D eigenvalue weighted by Crippen LogP contribution is -2.07. The van der Waals surface area contributed by atoms with Crippen molar-refractivity contribution in [3.63, 3.8) is 0 Å². The summed E-state index contributed by atoms with van der Waals surface area (Å²) < 4.78 is 12.4. The van der Waals surface area contributed by atoms with E-state index in [2.05, 4.69) is 10.4 Å². The Labute approximate surface area is 130 Å². The molecule has 0 saturated carbocycles. The van der Waals surface area contributed by atoms with Crippen molar-refractivity contribution in [2.75, 3.05) is 26.1 Å². The fourth-order valence-corrected chi connectivity index (χ4v) is 2.44. The van der Waals surface area contributed by atoms with E-state index in [1.165, 1.54) is 0 Å². The molecule has 2 N–H and O–H groups in total. The van der Waals surface area contributed by atoms with Crippen molar-refractivity contribution >= 4 is 5.69 Å². The van der Waals surface area contributed by atoms with Gasteiger partial charge < -0.3 is 19.9 Å². The van der Waals surface area contributed by atoms with E-state index in [9.17, 15) is 0 Å². The summed E-state index contributed by atoms with van der Waals surface area (Å²) >= 11 is 0. The standard InChI is InChI=1S/C16H23N3O3/c1-11-14(12(2)19(18-11)7-8-20)10-17-13-5-6-15(21-3)16(9-13)22-4/h5-6,9,17,20H,7-8,10H2,1-4H3. The van der Waals surface area contributed by atoms with Crippen LogP contribution in [0.15, 0.2) is 18.2 Å². The van der Waals surface area contributed by atoms with E-state index in [0.717, 1.165) is 22.6 Å². The van der Waals surface area contributed by atoms with E-state index < -0.39 is 0 Å². The molecule has 22 heavy (non-hydrogen) atoms. The lowest BCUT2D eigenvalue weighted by Gasteiger charge is -2.11. The average Bonchev–Trinajstić information content (AvgIpc) is 2.79. The van der Waals surface area contributed by atoms with Gasteiger partial charge in [-0.1, -0.05) is 0 Å². The number of nitrogens with one attached hydrogen (secondary N) is 1. The predicted molar refractivity (Wildman–Crippen MR) is 85.7 cm³/mol. The van der Waals surface area contributed by atoms with Crippen LogP contribution in [0.1, 0.15) is 17.0 Å². The molecule has 0 aliphatic rings. The monoisotopic (exact) mass is 305 g/mol. The van der Waals surface area contributed by atoms with E-state index in [-0.39, 0.29) is 6.61 Å². The SMILES string of the molecule is COc1ccc(NCc2c(C)nn(CCO)c2C)cc1OC. The van der Waals surface area contributed by atoms with Gasteiger partial charge in [0.25, 0.3) is 0 Å². The summed E-state index contributed by atoms with van der Waals surface area (Å²) in [5, 5.41) is 16.9. The highest BCUT2D eigenvalue weighted by atomic mass is 16.5. The number of hydrogen-bond donors (Lipinski definition) is 2. The molecule has 0 fully saturated rings. The zero-order valence-corrected chi connectivity index (χ0v) is 13.5. The number of aromatic nitrogens is 2. The van der Waals surface area contributed by atoms with Crippen LogP contribution in [-0.4, -0.2) is 35.7 Å². The molecule has 1 aromatic carbocycles. The molecule has 0 aliphatic heterocycles. The van der Waals surface area contributed by atoms with Crippen LogP contribution in [0.2, 0.25) is 0 Å². The third kappa shape index (κ3) is 3.33. The molecule has 6 nitrogen and oxygen atoms in total. The van der Waals surface area contributed by atoms with Crippen LogP contribution in [0.3, 0.4) is 0 Å². The van der Waals surface area contributed by atoms with Crippen molar-refractivity contribution in [3.05, 3.63) is 35.2 Å². The van der Waals surface area contributed by atoms with Crippen molar-refractivity contribution < 1.29 is 14.6 Å². The minimum Gasteiger partial charge on any atom is -0.493 e. The molecule has 0 amide bonds. The van der Waals surface area contributed by atoms with Crippen molar-refractivity contribution in [2.45, 2.75) is 26.9 Å². The van der Waals surface area contributed by atoms with Crippen molar-refractivity contribution in [3.8, 4) is 11.5 Å². The van der Waals surface area contributed by atoms with Crippen LogP contribution in [-0.2, 0) is 13.1 Å². The number of rotatable bonds is 7. The predicted octanol–water partition coefficient (Wildman–Crippen LogP) is 2.12. The van der Waals surface area contributed by atoms with Gasteiger partial charge in [-0.3, -0.25) is 4.68 Å². The largest absolute Gasteiger partial charge is 0.493 e. The first-order valence-corrected chi connectivity index (χ1v) is 7.20. The Balaban J connectivity index is 2.13. The maximum absolute atomic E-state index is 9.06. The molecule has 2 aromatic rings. The number of benzene rings is 1. The fraction of sp³-hybridized carbons (Fsp3) is 0.438. The van der Waals surface area contributed by atoms with E-state index in [1.807, 2.05) is 36.7 Å². The third-order valence-corrected chi connectivity index (χ3v) is 3.70. The van der Waals surface area contributed by atoms with Crippen molar-refractivity contribution in [2.24, 2.45) is 0 Å². The fourth-order valence-electron chi connectivity index (χ4n) is 2.44. The molecule has 0 unspecified atom stereocenters. The molecule has 0 atom stereocenters. The molecule has 6 heteroatoms. The maximum atomic E-state index is 9.06. The Hall–Kier alpha value is -2.21. The van der Waals surface area contributed by atoms with E-state index in [4.69, 9.17) is 14.6 Å². The van der Waals surface area contributed by atoms with Gasteiger partial charge in [-0.15, -0.1) is 0 Å². The van der Waals surface area contributed by atoms with Gasteiger partial charge >= 0.3 is 0 Å². The van der Waals surface area contributed by atoms with Crippen LogP contribution >= 0.6 is 0 Å². The molecule has 0 aliphatic carbocycles. The molecule has 0 saturated heterocycles. The van der Waals surface area contributed by atoms with Gasteiger partial charge in [0.2, 0.25) is 0 Å². The first kappa shape index (κ1) is 16.2. The van der Waals surface area contributed by atoms with Crippen molar-refractivity contribution in [1.29, 1.82) is 0 Å². The number of aliphatic hydroxyl groups excluding tert-OH is 1. The van der Waals surface area contributed by atoms with E-state index >= 15 is 0 Å². The number of aryl methyl sites for hydroxylation is 1. The van der Waals surface area contributed by atoms with E-state index in [0.29, 0.717) is 24.6 Å². The van der Waals surface area contributed by atoms with Gasteiger partial charge in [-0.25, -0.2) is 0 Å². The number of hydrogen-bond acceptors (Lipinski definition) is 5. The second kappa shape index (κ2) is 7.17. The summed E-state index contributed by atoms with van der Waals surface area (Å²) in [6.07, 6.45) is 0. The molecule has 2 rings (SSSR count). The van der Waals surface area contributed by atoms with Gasteiger partial charge in [0.1, 0.15) is 0 Å². The Kier molecular flexibility index (Phi) is 5.27. The minimum absolute atomic E-state index is 0.0878. The number of methoxy groups -OCH3 is 2. The second-order valence-corrected chi connectivity index (χ2v) is 5.02. The highest BCUT2D eigenvalue weighted by Crippen LogP contribution is 2.30. The summed E-state index contributed by atoms with van der Waals surface area (Å²) in [7, 11) is 3.24. The van der Waals surface area contributed by atoms with Gasteiger partial charge in [0.05, 0.1) is 33.1 Å². The smallest absolute Gasteiger partial charge is 0.162 e. The number of anilines is 1. The summed E-state index contributed by atoms with van der Waals surface area (Å²) in [6, 6.07) is 5.72. The minimum atomic E-state index is 0.0878. The zero-order valence-electron chi connectivity index (χ0n) is 13.5. The normalized spacial score (nSPS) is 10.6. The Bertz CT molecular complexity index is 638. The van der Waals surface area contributed by atoms with Crippen LogP contribution in [0, 0.1) is 13.8 Å². The molecule has 120 valence electrons. The lowest BCUT2D eigenvalue weighted by molar-refractivity contribution is 0.268. The zero-order chi connectivity index (χ0) is 16.1. The first-order valence-electron chi connectivity index (χ1n) is 7.20. The van der Waals surface area contributed by atoms with Crippen LogP contribution in [0.5, 0.6) is 11.5 Å². The third-order valence-electron chi connectivity index (χ3n) is 3.70. The van der Waals surface area contributed by atoms with Crippen LogP contribution in [0.25, 0.3) is 0 Å². The summed E-state index contributed by atoms with van der Waals surface area (Å²) in [5.41, 5.74) is 4.13. The Morgan fingerprint density at radius 2 is 1.91 bits per heavy atom. The summed E-state index contributed by atoms with van der Waals surface area (Å²) in [6.45, 7) is 5.26. The quantitative estimate of drug-likeness (QED) is 0.820. The maximum Gasteiger partial charge on any atom is 0.162 e. The first-order chi connectivity index (χ1) is 10.6. The van der Waals surface area contributed by atoms with Crippen LogP contribution in [0.4, 0.5) is 5.69 Å². The Morgan fingerprint density at radius 1 is 1.18 bits per heavy atom. The van der Waals surface area contributed by atoms with Gasteiger partial charge in [-0.05, 0) is 26.0 Å². The number of nitrogens with zero attached hydrogens (tertiary/aromatic N) is 2. The molecule has 1 heterocycles. The molecular weight excluding hydrogens is 282 g/mol. The molecular formula is C16H23N3O3. The van der Waals surface area contributed by atoms with Gasteiger partial charge in [0, 0.05) is 29.6 Å². The van der Waals surface area contributed by atoms with Crippen LogP contribution < -0.4 is 14.8 Å². The molecule has 0 radical (unpaired) electrons. The highest BCUT2D eigenvalue weighted by Gasteiger charge is 2.11. The van der Waals surface area contributed by atoms with Crippen molar-refractivity contribution in [1.82, 2.24) is 9.78 Å². The average molecular weight is 305 g/mol. The highest BCUT2D eigenvalue weighted by molar-refractivity contribution is 5.55. The molecule has 0 bridgehead atoms. The lowest BCUT2D eigenvalue weighted by atomic mass is 10.2. The van der Waals surface area contributed by atoms with Gasteiger partial charge in [-0.2, -0.15) is 5.10 Å². The van der Waals surface area contributed by atoms with E-state index in [1.54, 1.807) is 14.2 Å². The van der Waals surface area contributed by atoms with Gasteiger partial charge in [0.15, 0.2) is 11.5 Å². The summed E-state index contributed by atoms with van der Waals surface area (Å²) in [5.74, 6) is 1.40.